The SMILES string of the molecule is Clc1cccc(Cl)c1Cc1nnc2sc(-c3ccco3)nn12. The predicted octanol–water partition coefficient (Wildman–Crippen LogP) is 4.34. The molecule has 1 aromatic carbocycles. The van der Waals surface area contributed by atoms with Gasteiger partial charge in [0.1, 0.15) is 0 Å². The zero-order valence-electron chi connectivity index (χ0n) is 11.0. The summed E-state index contributed by atoms with van der Waals surface area (Å²) in [7, 11) is 0. The number of furan rings is 1. The van der Waals surface area contributed by atoms with Crippen LogP contribution in [0.5, 0.6) is 0 Å². The molecule has 8 heteroatoms. The van der Waals surface area contributed by atoms with Crippen molar-refractivity contribution < 1.29 is 4.42 Å². The first kappa shape index (κ1) is 13.8. The monoisotopic (exact) mass is 350 g/mol. The lowest BCUT2D eigenvalue weighted by molar-refractivity contribution is 0.580. The lowest BCUT2D eigenvalue weighted by atomic mass is 10.1. The van der Waals surface area contributed by atoms with E-state index in [1.54, 1.807) is 22.9 Å². The molecule has 0 unspecified atom stereocenters. The third-order valence-electron chi connectivity index (χ3n) is 3.18. The van der Waals surface area contributed by atoms with Gasteiger partial charge in [0.15, 0.2) is 16.6 Å². The van der Waals surface area contributed by atoms with Gasteiger partial charge in [0.05, 0.1) is 6.26 Å². The average molecular weight is 351 g/mol. The van der Waals surface area contributed by atoms with Crippen LogP contribution in [0.3, 0.4) is 0 Å². The molecular formula is C14H8Cl2N4OS. The van der Waals surface area contributed by atoms with Crippen LogP contribution in [0.15, 0.2) is 41.0 Å². The largest absolute Gasteiger partial charge is 0.462 e. The Bertz CT molecular complexity index is 925. The minimum atomic E-state index is 0.459. The number of halogens is 2. The molecule has 0 atom stereocenters. The molecule has 3 heterocycles. The maximum Gasteiger partial charge on any atom is 0.235 e. The Kier molecular flexibility index (Phi) is 3.37. The highest BCUT2D eigenvalue weighted by atomic mass is 35.5. The second-order valence-corrected chi connectivity index (χ2v) is 6.34. The van der Waals surface area contributed by atoms with Crippen molar-refractivity contribution in [1.29, 1.82) is 0 Å². The predicted molar refractivity (Wildman–Crippen MR) is 85.6 cm³/mol. The van der Waals surface area contributed by atoms with E-state index in [4.69, 9.17) is 27.6 Å². The molecule has 0 aliphatic carbocycles. The fourth-order valence-electron chi connectivity index (χ4n) is 2.13. The molecule has 0 saturated heterocycles. The summed E-state index contributed by atoms with van der Waals surface area (Å²) in [5.74, 6) is 1.39. The topological polar surface area (TPSA) is 56.2 Å². The maximum atomic E-state index is 6.21. The molecule has 0 bridgehead atoms. The van der Waals surface area contributed by atoms with E-state index in [1.807, 2.05) is 18.2 Å². The van der Waals surface area contributed by atoms with Gasteiger partial charge in [0, 0.05) is 16.5 Å². The molecule has 22 heavy (non-hydrogen) atoms. The summed E-state index contributed by atoms with van der Waals surface area (Å²) >= 11 is 13.8. The van der Waals surface area contributed by atoms with Crippen LogP contribution in [0.25, 0.3) is 15.7 Å². The lowest BCUT2D eigenvalue weighted by Crippen LogP contribution is -1.99. The fraction of sp³-hybridized carbons (Fsp3) is 0.0714. The molecule has 4 aromatic rings. The van der Waals surface area contributed by atoms with Gasteiger partial charge in [-0.3, -0.25) is 0 Å². The number of nitrogens with zero attached hydrogens (tertiary/aromatic N) is 4. The highest BCUT2D eigenvalue weighted by Crippen LogP contribution is 2.29. The maximum absolute atomic E-state index is 6.21. The Morgan fingerprint density at radius 1 is 1.09 bits per heavy atom. The van der Waals surface area contributed by atoms with Crippen LogP contribution in [0.2, 0.25) is 10.0 Å². The third kappa shape index (κ3) is 2.29. The van der Waals surface area contributed by atoms with Gasteiger partial charge in [0.2, 0.25) is 4.96 Å². The average Bonchev–Trinajstić information content (AvgIpc) is 3.20. The van der Waals surface area contributed by atoms with Crippen molar-refractivity contribution in [3.63, 3.8) is 0 Å². The van der Waals surface area contributed by atoms with E-state index in [0.717, 1.165) is 10.6 Å². The van der Waals surface area contributed by atoms with Crippen molar-refractivity contribution in [2.24, 2.45) is 0 Å². The first-order valence-corrected chi connectivity index (χ1v) is 7.97. The summed E-state index contributed by atoms with van der Waals surface area (Å²) in [5, 5.41) is 14.8. The summed E-state index contributed by atoms with van der Waals surface area (Å²) in [6.45, 7) is 0. The van der Waals surface area contributed by atoms with Crippen LogP contribution in [0.4, 0.5) is 0 Å². The van der Waals surface area contributed by atoms with E-state index >= 15 is 0 Å². The van der Waals surface area contributed by atoms with Crippen LogP contribution in [0, 0.1) is 0 Å². The Morgan fingerprint density at radius 3 is 2.64 bits per heavy atom. The molecular weight excluding hydrogens is 343 g/mol. The summed E-state index contributed by atoms with van der Waals surface area (Å²) < 4.78 is 7.06. The van der Waals surface area contributed by atoms with Gasteiger partial charge < -0.3 is 4.42 Å². The van der Waals surface area contributed by atoms with Crippen molar-refractivity contribution in [2.45, 2.75) is 6.42 Å². The minimum Gasteiger partial charge on any atom is -0.462 e. The number of aromatic nitrogens is 4. The second kappa shape index (κ2) is 5.39. The number of benzene rings is 1. The smallest absolute Gasteiger partial charge is 0.235 e. The molecule has 0 saturated carbocycles. The van der Waals surface area contributed by atoms with Crippen LogP contribution >= 0.6 is 34.5 Å². The van der Waals surface area contributed by atoms with E-state index < -0.39 is 0 Å². The molecule has 0 spiro atoms. The van der Waals surface area contributed by atoms with E-state index in [9.17, 15) is 0 Å². The number of hydrogen-bond donors (Lipinski definition) is 0. The van der Waals surface area contributed by atoms with Crippen molar-refractivity contribution >= 4 is 39.5 Å². The lowest BCUT2D eigenvalue weighted by Gasteiger charge is -2.04. The second-order valence-electron chi connectivity index (χ2n) is 4.57. The standard InChI is InChI=1S/C14H8Cl2N4OS/c15-9-3-1-4-10(16)8(9)7-12-17-18-14-20(12)19-13(22-14)11-5-2-6-21-11/h1-6H,7H2. The van der Waals surface area contributed by atoms with Gasteiger partial charge in [-0.1, -0.05) is 40.6 Å². The van der Waals surface area contributed by atoms with E-state index in [2.05, 4.69) is 15.3 Å². The number of rotatable bonds is 3. The van der Waals surface area contributed by atoms with E-state index in [-0.39, 0.29) is 0 Å². The Hall–Kier alpha value is -1.89. The van der Waals surface area contributed by atoms with Gasteiger partial charge in [-0.2, -0.15) is 4.52 Å². The van der Waals surface area contributed by atoms with Gasteiger partial charge in [0.25, 0.3) is 0 Å². The molecule has 0 amide bonds. The summed E-state index contributed by atoms with van der Waals surface area (Å²) in [4.78, 5) is 0.699. The van der Waals surface area contributed by atoms with Crippen LogP contribution < -0.4 is 0 Å². The first-order chi connectivity index (χ1) is 10.7. The Balaban J connectivity index is 1.76. The molecule has 0 N–H and O–H groups in total. The zero-order chi connectivity index (χ0) is 15.1. The molecule has 0 aliphatic heterocycles. The quantitative estimate of drug-likeness (QED) is 0.551. The van der Waals surface area contributed by atoms with Crippen molar-refractivity contribution in [1.82, 2.24) is 19.8 Å². The van der Waals surface area contributed by atoms with Crippen molar-refractivity contribution in [3.8, 4) is 10.8 Å². The van der Waals surface area contributed by atoms with Gasteiger partial charge >= 0.3 is 0 Å². The summed E-state index contributed by atoms with van der Waals surface area (Å²) in [5.41, 5.74) is 0.813. The van der Waals surface area contributed by atoms with Crippen LogP contribution in [0.1, 0.15) is 11.4 Å². The molecule has 110 valence electrons. The number of hydrogen-bond acceptors (Lipinski definition) is 5. The van der Waals surface area contributed by atoms with E-state index in [1.165, 1.54) is 11.3 Å². The van der Waals surface area contributed by atoms with Gasteiger partial charge in [-0.15, -0.1) is 15.3 Å². The van der Waals surface area contributed by atoms with Crippen LogP contribution in [-0.2, 0) is 6.42 Å². The highest BCUT2D eigenvalue weighted by molar-refractivity contribution is 7.19. The third-order valence-corrected chi connectivity index (χ3v) is 4.81. The first-order valence-electron chi connectivity index (χ1n) is 6.40. The minimum absolute atomic E-state index is 0.459. The van der Waals surface area contributed by atoms with Crippen molar-refractivity contribution in [3.05, 3.63) is 58.0 Å². The molecule has 3 aromatic heterocycles. The fourth-order valence-corrected chi connectivity index (χ4v) is 3.48. The number of fused-ring (bicyclic) bond motifs is 1. The molecule has 5 nitrogen and oxygen atoms in total. The van der Waals surface area contributed by atoms with Crippen LogP contribution in [-0.4, -0.2) is 19.8 Å². The van der Waals surface area contributed by atoms with Crippen molar-refractivity contribution in [2.75, 3.05) is 0 Å². The highest BCUT2D eigenvalue weighted by Gasteiger charge is 2.16. The molecule has 0 aliphatic rings. The Morgan fingerprint density at radius 2 is 1.91 bits per heavy atom. The van der Waals surface area contributed by atoms with Gasteiger partial charge in [-0.25, -0.2) is 0 Å². The summed E-state index contributed by atoms with van der Waals surface area (Å²) in [6, 6.07) is 9.09. The molecule has 0 radical (unpaired) electrons. The molecule has 0 fully saturated rings. The summed E-state index contributed by atoms with van der Waals surface area (Å²) in [6.07, 6.45) is 2.07. The van der Waals surface area contributed by atoms with Gasteiger partial charge in [-0.05, 0) is 29.8 Å². The zero-order valence-corrected chi connectivity index (χ0v) is 13.4. The normalized spacial score (nSPS) is 11.4. The molecule has 4 rings (SSSR count). The Labute approximate surface area is 139 Å². The van der Waals surface area contributed by atoms with E-state index in [0.29, 0.717) is 33.0 Å².